The highest BCUT2D eigenvalue weighted by Gasteiger charge is 2.16. The number of likely N-dealkylation sites (N-methyl/N-ethyl adjacent to an activating group) is 1. The summed E-state index contributed by atoms with van der Waals surface area (Å²) in [5.74, 6) is 0. The van der Waals surface area contributed by atoms with E-state index in [4.69, 9.17) is 11.3 Å². The second-order valence-corrected chi connectivity index (χ2v) is 8.36. The van der Waals surface area contributed by atoms with Gasteiger partial charge >= 0.3 is 6.20 Å². The summed E-state index contributed by atoms with van der Waals surface area (Å²) in [5.41, 5.74) is 3.91. The van der Waals surface area contributed by atoms with Gasteiger partial charge in [-0.2, -0.15) is 0 Å². The Morgan fingerprint density at radius 3 is 2.75 bits per heavy atom. The number of hydrogen-bond acceptors (Lipinski definition) is 5. The molecule has 0 radical (unpaired) electrons. The van der Waals surface area contributed by atoms with Crippen molar-refractivity contribution in [1.29, 1.82) is 0 Å². The molecule has 8 heteroatoms. The smallest absolute Gasteiger partial charge is 0.315 e. The number of ether oxygens (including phenoxy) is 1. The van der Waals surface area contributed by atoms with Gasteiger partial charge in [-0.25, -0.2) is 8.78 Å². The molecule has 0 saturated carbocycles. The van der Waals surface area contributed by atoms with Gasteiger partial charge in [-0.05, 0) is 64.0 Å². The van der Waals surface area contributed by atoms with E-state index in [0.29, 0.717) is 32.0 Å². The number of hydrogen-bond donors (Lipinski definition) is 1. The SMILES string of the molecule is C#[N+]/C=C(C=NCC)/C1=C/C/C([C@@H](C)N/C=C(/N=C(C)/C=C\C)C(F)F)=C\C(C)=C/CCOCN1C. The summed E-state index contributed by atoms with van der Waals surface area (Å²) in [6, 6.07) is -0.225. The number of rotatable bonds is 9. The fraction of sp³-hybridized carbons (Fsp3) is 0.464. The van der Waals surface area contributed by atoms with Crippen molar-refractivity contribution in [2.24, 2.45) is 9.98 Å². The van der Waals surface area contributed by atoms with Gasteiger partial charge in [-0.15, -0.1) is 0 Å². The van der Waals surface area contributed by atoms with Gasteiger partial charge in [0.25, 0.3) is 13.0 Å². The Balaban J connectivity index is 3.42. The third-order valence-corrected chi connectivity index (χ3v) is 5.27. The number of aliphatic imine (C=N–C) groups is 2. The Morgan fingerprint density at radius 1 is 1.36 bits per heavy atom. The van der Waals surface area contributed by atoms with Gasteiger partial charge in [0.2, 0.25) is 0 Å². The molecule has 0 aliphatic carbocycles. The highest BCUT2D eigenvalue weighted by molar-refractivity contribution is 5.93. The molecule has 0 aromatic rings. The van der Waals surface area contributed by atoms with E-state index in [9.17, 15) is 8.78 Å². The quantitative estimate of drug-likeness (QED) is 0.368. The van der Waals surface area contributed by atoms with Gasteiger partial charge in [-0.1, -0.05) is 29.9 Å². The summed E-state index contributed by atoms with van der Waals surface area (Å²) in [7, 11) is 1.93. The first kappa shape index (κ1) is 30.7. The molecule has 1 atom stereocenters. The Hall–Kier alpha value is -3.31. The van der Waals surface area contributed by atoms with E-state index in [1.807, 2.05) is 45.7 Å². The van der Waals surface area contributed by atoms with Crippen molar-refractivity contribution in [2.45, 2.75) is 59.9 Å². The van der Waals surface area contributed by atoms with Gasteiger partial charge in [0.05, 0.1) is 17.9 Å². The van der Waals surface area contributed by atoms with Gasteiger partial charge in [0, 0.05) is 37.8 Å². The highest BCUT2D eigenvalue weighted by atomic mass is 19.3. The van der Waals surface area contributed by atoms with Crippen LogP contribution in [0.5, 0.6) is 0 Å². The molecule has 6 nitrogen and oxygen atoms in total. The van der Waals surface area contributed by atoms with E-state index in [-0.39, 0.29) is 11.7 Å². The van der Waals surface area contributed by atoms with Crippen molar-refractivity contribution in [3.05, 3.63) is 75.7 Å². The van der Waals surface area contributed by atoms with E-state index in [0.717, 1.165) is 28.8 Å². The number of halogens is 2. The molecule has 0 aromatic heterocycles. The lowest BCUT2D eigenvalue weighted by Gasteiger charge is -2.24. The molecule has 1 N–H and O–H groups in total. The fourth-order valence-electron chi connectivity index (χ4n) is 3.44. The molecule has 0 spiro atoms. The average molecular weight is 501 g/mol. The van der Waals surface area contributed by atoms with Crippen LogP contribution in [0, 0.1) is 6.57 Å². The maximum Gasteiger partial charge on any atom is 0.315 e. The molecule has 1 heterocycles. The van der Waals surface area contributed by atoms with Gasteiger partial charge in [0.1, 0.15) is 12.4 Å². The minimum Gasteiger partial charge on any atom is -0.383 e. The zero-order valence-electron chi connectivity index (χ0n) is 22.3. The summed E-state index contributed by atoms with van der Waals surface area (Å²) in [4.78, 5) is 14.1. The molecule has 0 bridgehead atoms. The first-order valence-electron chi connectivity index (χ1n) is 12.1. The Kier molecular flexibility index (Phi) is 14.7. The number of alkyl halides is 2. The first-order chi connectivity index (χ1) is 17.2. The lowest BCUT2D eigenvalue weighted by molar-refractivity contribution is 0.0643. The molecule has 0 amide bonds. The third kappa shape index (κ3) is 11.4. The maximum atomic E-state index is 13.6. The molecule has 196 valence electrons. The lowest BCUT2D eigenvalue weighted by Crippen LogP contribution is -2.26. The van der Waals surface area contributed by atoms with Gasteiger partial charge in [-0.3, -0.25) is 9.98 Å². The first-order valence-corrected chi connectivity index (χ1v) is 12.1. The molecule has 0 saturated heterocycles. The van der Waals surface area contributed by atoms with Crippen molar-refractivity contribution >= 4 is 11.9 Å². The van der Waals surface area contributed by atoms with E-state index >= 15 is 0 Å². The Morgan fingerprint density at radius 2 is 2.11 bits per heavy atom. The van der Waals surface area contributed by atoms with Crippen LogP contribution in [0.2, 0.25) is 0 Å². The normalized spacial score (nSPS) is 22.7. The van der Waals surface area contributed by atoms with Gasteiger partial charge in [0.15, 0.2) is 0 Å². The summed E-state index contributed by atoms with van der Waals surface area (Å²) in [6.07, 6.45) is 12.9. The van der Waals surface area contributed by atoms with E-state index in [2.05, 4.69) is 32.3 Å². The van der Waals surface area contributed by atoms with E-state index < -0.39 is 6.43 Å². The summed E-state index contributed by atoms with van der Waals surface area (Å²) >= 11 is 0. The summed E-state index contributed by atoms with van der Waals surface area (Å²) in [6.45, 7) is 16.5. The standard InChI is InChI=1S/C28H40F2N5O/c1-8-11-22(4)34-26(28(29)30)19-33-23(5)24-13-14-27(25(17-31-6)18-32-9-2)35(7)20-36-15-10-12-21(3)16-24/h6,8,11-12,14,16-19,23,28,33H,9-10,13,15,20H2,1-5,7H3/q+1/b11-8-,21-12-,24-16+,25-17+,26-19+,27-14-,32-18?,34-22+/t23-/m1/s1. The van der Waals surface area contributed by atoms with Crippen molar-refractivity contribution < 1.29 is 13.5 Å². The minimum atomic E-state index is -2.69. The zero-order valence-corrected chi connectivity index (χ0v) is 22.3. The number of nitrogens with one attached hydrogen (secondary N) is 1. The van der Waals surface area contributed by atoms with Crippen molar-refractivity contribution in [2.75, 3.05) is 26.9 Å². The number of nitrogens with zero attached hydrogens (tertiary/aromatic N) is 4. The molecular formula is C28H40F2N5O+. The van der Waals surface area contributed by atoms with Crippen LogP contribution in [0.4, 0.5) is 8.78 Å². The molecular weight excluding hydrogens is 460 g/mol. The van der Waals surface area contributed by atoms with Gasteiger partial charge < -0.3 is 15.0 Å². The Bertz CT molecular complexity index is 994. The monoisotopic (exact) mass is 500 g/mol. The highest BCUT2D eigenvalue weighted by Crippen LogP contribution is 2.20. The van der Waals surface area contributed by atoms with Crippen molar-refractivity contribution in [1.82, 2.24) is 10.2 Å². The van der Waals surface area contributed by atoms with Crippen LogP contribution in [0.3, 0.4) is 0 Å². The summed E-state index contributed by atoms with van der Waals surface area (Å²) < 4.78 is 33.0. The largest absolute Gasteiger partial charge is 0.383 e. The molecule has 0 aromatic carbocycles. The average Bonchev–Trinajstić information content (AvgIpc) is 2.83. The maximum absolute atomic E-state index is 13.6. The molecule has 0 unspecified atom stereocenters. The zero-order chi connectivity index (χ0) is 26.9. The van der Waals surface area contributed by atoms with Crippen LogP contribution in [0.15, 0.2) is 80.9 Å². The lowest BCUT2D eigenvalue weighted by atomic mass is 10.00. The third-order valence-electron chi connectivity index (χ3n) is 5.27. The van der Waals surface area contributed by atoms with Crippen molar-refractivity contribution in [3.8, 4) is 6.57 Å². The van der Waals surface area contributed by atoms with E-state index in [1.54, 1.807) is 31.5 Å². The summed E-state index contributed by atoms with van der Waals surface area (Å²) in [5, 5.41) is 3.11. The second-order valence-electron chi connectivity index (χ2n) is 8.36. The fourth-order valence-corrected chi connectivity index (χ4v) is 3.44. The number of allylic oxidation sites excluding steroid dienone is 7. The second kappa shape index (κ2) is 17.2. The van der Waals surface area contributed by atoms with Crippen molar-refractivity contribution in [3.63, 3.8) is 0 Å². The molecule has 0 fully saturated rings. The Labute approximate surface area is 215 Å². The molecule has 36 heavy (non-hydrogen) atoms. The predicted molar refractivity (Wildman–Crippen MR) is 148 cm³/mol. The van der Waals surface area contributed by atoms with Crippen LogP contribution in [0.25, 0.3) is 4.85 Å². The predicted octanol–water partition coefficient (Wildman–Crippen LogP) is 6.50. The molecule has 1 aliphatic rings. The topological polar surface area (TPSA) is 53.6 Å². The minimum absolute atomic E-state index is 0.225. The van der Waals surface area contributed by atoms with Crippen LogP contribution in [0.1, 0.15) is 47.5 Å². The molecule has 1 rings (SSSR count). The van der Waals surface area contributed by atoms with Crippen LogP contribution in [-0.2, 0) is 4.74 Å². The van der Waals surface area contributed by atoms with Crippen LogP contribution >= 0.6 is 0 Å². The molecule has 1 aliphatic heterocycles. The van der Waals surface area contributed by atoms with Crippen LogP contribution in [-0.4, -0.2) is 56.2 Å². The van der Waals surface area contributed by atoms with E-state index in [1.165, 1.54) is 6.20 Å². The van der Waals surface area contributed by atoms with Crippen LogP contribution < -0.4 is 5.32 Å².